The van der Waals surface area contributed by atoms with Gasteiger partial charge in [0.05, 0.1) is 10.8 Å². The first-order chi connectivity index (χ1) is 9.80. The van der Waals surface area contributed by atoms with Gasteiger partial charge in [-0.3, -0.25) is 9.59 Å². The molecule has 0 aliphatic heterocycles. The van der Waals surface area contributed by atoms with Gasteiger partial charge < -0.3 is 10.4 Å². The number of hydrogen-bond donors (Lipinski definition) is 2. The van der Waals surface area contributed by atoms with Crippen molar-refractivity contribution < 1.29 is 14.7 Å². The molecule has 2 N–H and O–H groups in total. The molecule has 0 aliphatic rings. The molecule has 1 rings (SSSR count). The van der Waals surface area contributed by atoms with E-state index >= 15 is 0 Å². The summed E-state index contributed by atoms with van der Waals surface area (Å²) in [4.78, 5) is 23.8. The molecule has 0 heterocycles. The molecular formula is C17H25NO3. The Labute approximate surface area is 126 Å². The first-order valence-electron chi connectivity index (χ1n) is 7.37. The Hall–Kier alpha value is -1.84. The van der Waals surface area contributed by atoms with Crippen molar-refractivity contribution in [2.75, 3.05) is 6.54 Å². The van der Waals surface area contributed by atoms with Crippen molar-refractivity contribution >= 4 is 11.9 Å². The van der Waals surface area contributed by atoms with Crippen molar-refractivity contribution in [3.8, 4) is 0 Å². The molecule has 4 nitrogen and oxygen atoms in total. The normalized spacial score (nSPS) is 12.0. The van der Waals surface area contributed by atoms with Crippen LogP contribution in [-0.2, 0) is 15.0 Å². The predicted octanol–water partition coefficient (Wildman–Crippen LogP) is 2.97. The van der Waals surface area contributed by atoms with Crippen LogP contribution in [0.1, 0.15) is 46.1 Å². The molecule has 1 aromatic rings. The standard InChI is InChI=1S/C17H25NO3/c1-5-17(6-2,13-10-8-7-9-11-13)14(19)18-12-16(3,4)15(20)21/h7-11H,5-6,12H2,1-4H3,(H,18,19)(H,20,21). The van der Waals surface area contributed by atoms with E-state index in [9.17, 15) is 9.59 Å². The van der Waals surface area contributed by atoms with E-state index in [1.54, 1.807) is 13.8 Å². The van der Waals surface area contributed by atoms with Crippen LogP contribution in [0, 0.1) is 5.41 Å². The third-order valence-corrected chi connectivity index (χ3v) is 4.24. The van der Waals surface area contributed by atoms with Crippen molar-refractivity contribution in [1.82, 2.24) is 5.32 Å². The lowest BCUT2D eigenvalue weighted by atomic mass is 9.75. The van der Waals surface area contributed by atoms with Crippen molar-refractivity contribution in [2.45, 2.75) is 46.0 Å². The minimum absolute atomic E-state index is 0.104. The van der Waals surface area contributed by atoms with Gasteiger partial charge in [0, 0.05) is 6.54 Å². The molecular weight excluding hydrogens is 266 g/mol. The van der Waals surface area contributed by atoms with Crippen LogP contribution >= 0.6 is 0 Å². The number of nitrogens with one attached hydrogen (secondary N) is 1. The average molecular weight is 291 g/mol. The van der Waals surface area contributed by atoms with Crippen LogP contribution in [0.25, 0.3) is 0 Å². The third-order valence-electron chi connectivity index (χ3n) is 4.24. The summed E-state index contributed by atoms with van der Waals surface area (Å²) in [5, 5.41) is 12.0. The second-order valence-corrected chi connectivity index (χ2v) is 6.03. The summed E-state index contributed by atoms with van der Waals surface area (Å²) < 4.78 is 0. The summed E-state index contributed by atoms with van der Waals surface area (Å²) in [5.41, 5.74) is -0.601. The molecule has 0 aromatic heterocycles. The van der Waals surface area contributed by atoms with Crippen LogP contribution in [0.2, 0.25) is 0 Å². The molecule has 0 aliphatic carbocycles. The summed E-state index contributed by atoms with van der Waals surface area (Å²) in [7, 11) is 0. The molecule has 0 saturated carbocycles. The molecule has 0 bridgehead atoms. The Morgan fingerprint density at radius 1 is 1.10 bits per heavy atom. The number of rotatable bonds is 7. The average Bonchev–Trinajstić information content (AvgIpc) is 2.48. The number of amides is 1. The Morgan fingerprint density at radius 2 is 1.62 bits per heavy atom. The largest absolute Gasteiger partial charge is 0.481 e. The van der Waals surface area contributed by atoms with Gasteiger partial charge in [-0.15, -0.1) is 0 Å². The number of carboxylic acid groups (broad SMARTS) is 1. The summed E-state index contributed by atoms with van der Waals surface area (Å²) in [5.74, 6) is -1.02. The minimum Gasteiger partial charge on any atom is -0.481 e. The maximum absolute atomic E-state index is 12.7. The molecule has 0 atom stereocenters. The smallest absolute Gasteiger partial charge is 0.310 e. The maximum Gasteiger partial charge on any atom is 0.310 e. The van der Waals surface area contributed by atoms with E-state index in [2.05, 4.69) is 5.32 Å². The third kappa shape index (κ3) is 3.63. The highest BCUT2D eigenvalue weighted by Crippen LogP contribution is 2.32. The molecule has 0 radical (unpaired) electrons. The van der Waals surface area contributed by atoms with Crippen molar-refractivity contribution in [1.29, 1.82) is 0 Å². The van der Waals surface area contributed by atoms with Crippen molar-refractivity contribution in [2.24, 2.45) is 5.41 Å². The van der Waals surface area contributed by atoms with Gasteiger partial charge in [-0.25, -0.2) is 0 Å². The molecule has 4 heteroatoms. The zero-order valence-electron chi connectivity index (χ0n) is 13.3. The fourth-order valence-electron chi connectivity index (χ4n) is 2.41. The zero-order chi connectivity index (χ0) is 16.1. The Balaban J connectivity index is 2.97. The Kier molecular flexibility index (Phi) is 5.53. The van der Waals surface area contributed by atoms with Gasteiger partial charge in [0.2, 0.25) is 5.91 Å². The number of hydrogen-bond acceptors (Lipinski definition) is 2. The van der Waals surface area contributed by atoms with Crippen LogP contribution in [0.3, 0.4) is 0 Å². The molecule has 0 unspecified atom stereocenters. The monoisotopic (exact) mass is 291 g/mol. The van der Waals surface area contributed by atoms with Gasteiger partial charge in [-0.05, 0) is 32.3 Å². The Morgan fingerprint density at radius 3 is 2.05 bits per heavy atom. The fraction of sp³-hybridized carbons (Fsp3) is 0.529. The van der Waals surface area contributed by atoms with E-state index in [-0.39, 0.29) is 12.5 Å². The minimum atomic E-state index is -0.973. The van der Waals surface area contributed by atoms with Gasteiger partial charge in [-0.1, -0.05) is 44.2 Å². The summed E-state index contributed by atoms with van der Waals surface area (Å²) >= 11 is 0. The zero-order valence-corrected chi connectivity index (χ0v) is 13.3. The molecule has 0 spiro atoms. The highest BCUT2D eigenvalue weighted by atomic mass is 16.4. The van der Waals surface area contributed by atoms with E-state index in [1.165, 1.54) is 0 Å². The second-order valence-electron chi connectivity index (χ2n) is 6.03. The van der Waals surface area contributed by atoms with Gasteiger partial charge in [0.15, 0.2) is 0 Å². The van der Waals surface area contributed by atoms with Crippen LogP contribution in [0.15, 0.2) is 30.3 Å². The number of carboxylic acids is 1. The topological polar surface area (TPSA) is 66.4 Å². The maximum atomic E-state index is 12.7. The van der Waals surface area contributed by atoms with Crippen molar-refractivity contribution in [3.05, 3.63) is 35.9 Å². The van der Waals surface area contributed by atoms with E-state index in [4.69, 9.17) is 5.11 Å². The van der Waals surface area contributed by atoms with Gasteiger partial charge in [0.25, 0.3) is 0 Å². The van der Waals surface area contributed by atoms with Gasteiger partial charge >= 0.3 is 5.97 Å². The van der Waals surface area contributed by atoms with Crippen LogP contribution in [0.4, 0.5) is 0 Å². The van der Waals surface area contributed by atoms with E-state index in [1.807, 2.05) is 44.2 Å². The number of benzene rings is 1. The van der Waals surface area contributed by atoms with Crippen molar-refractivity contribution in [3.63, 3.8) is 0 Å². The highest BCUT2D eigenvalue weighted by molar-refractivity contribution is 5.88. The van der Waals surface area contributed by atoms with Crippen LogP contribution in [0.5, 0.6) is 0 Å². The first-order valence-corrected chi connectivity index (χ1v) is 7.37. The van der Waals surface area contributed by atoms with Gasteiger partial charge in [0.1, 0.15) is 0 Å². The lowest BCUT2D eigenvalue weighted by molar-refractivity contribution is -0.147. The molecule has 0 saturated heterocycles. The molecule has 21 heavy (non-hydrogen) atoms. The van der Waals surface area contributed by atoms with E-state index in [0.717, 1.165) is 5.56 Å². The quantitative estimate of drug-likeness (QED) is 0.811. The summed E-state index contributed by atoms with van der Waals surface area (Å²) in [6.45, 7) is 7.31. The number of carbonyl (C=O) groups excluding carboxylic acids is 1. The summed E-state index contributed by atoms with van der Waals surface area (Å²) in [6, 6.07) is 9.67. The molecule has 1 amide bonds. The second kappa shape index (κ2) is 6.74. The molecule has 1 aromatic carbocycles. The molecule has 0 fully saturated rings. The predicted molar refractivity (Wildman–Crippen MR) is 83.1 cm³/mol. The van der Waals surface area contributed by atoms with Gasteiger partial charge in [-0.2, -0.15) is 0 Å². The number of carbonyl (C=O) groups is 2. The number of aliphatic carboxylic acids is 1. The van der Waals surface area contributed by atoms with E-state index < -0.39 is 16.8 Å². The fourth-order valence-corrected chi connectivity index (χ4v) is 2.41. The highest BCUT2D eigenvalue weighted by Gasteiger charge is 2.38. The SMILES string of the molecule is CCC(CC)(C(=O)NCC(C)(C)C(=O)O)c1ccccc1. The Bertz CT molecular complexity index is 490. The lowest BCUT2D eigenvalue weighted by Gasteiger charge is -2.32. The summed E-state index contributed by atoms with van der Waals surface area (Å²) in [6.07, 6.45) is 1.35. The van der Waals surface area contributed by atoms with Crippen LogP contribution < -0.4 is 5.32 Å². The lowest BCUT2D eigenvalue weighted by Crippen LogP contribution is -2.48. The van der Waals surface area contributed by atoms with E-state index in [0.29, 0.717) is 12.8 Å². The first kappa shape index (κ1) is 17.2. The molecule has 116 valence electrons. The van der Waals surface area contributed by atoms with Crippen LogP contribution in [-0.4, -0.2) is 23.5 Å².